The molecule has 1 fully saturated rings. The molecule has 1 saturated heterocycles. The Morgan fingerprint density at radius 3 is 2.73 bits per heavy atom. The number of oxazole rings is 1. The third kappa shape index (κ3) is 6.17. The van der Waals surface area contributed by atoms with Gasteiger partial charge in [-0.1, -0.05) is 18.2 Å². The van der Waals surface area contributed by atoms with Crippen molar-refractivity contribution < 1.29 is 13.9 Å². The van der Waals surface area contributed by atoms with Gasteiger partial charge in [-0.25, -0.2) is 4.98 Å². The molecule has 0 spiro atoms. The van der Waals surface area contributed by atoms with Crippen LogP contribution in [0.2, 0.25) is 0 Å². The molecule has 2 aromatic carbocycles. The Bertz CT molecular complexity index is 1410. The molecule has 0 aliphatic carbocycles. The summed E-state index contributed by atoms with van der Waals surface area (Å²) in [4.78, 5) is 19.4. The Kier molecular flexibility index (Phi) is 7.79. The molecule has 0 unspecified atom stereocenters. The standard InChI is InChI=1S/C29H32N4O4/c1-3-35-20-22-8-7-21(2)26(16-22)31-29-30-18-27(37-29)24-14-23(19-32-10-12-36-13-11-32)15-25(17-24)33-9-5-4-6-28(33)34/h4-9,14-18H,3,10-13,19-20H2,1-2H3,(H,30,31). The molecule has 3 heterocycles. The fourth-order valence-corrected chi connectivity index (χ4v) is 4.40. The summed E-state index contributed by atoms with van der Waals surface area (Å²) in [7, 11) is 0. The molecule has 0 bridgehead atoms. The lowest BCUT2D eigenvalue weighted by atomic mass is 10.1. The molecule has 1 N–H and O–H groups in total. The predicted octanol–water partition coefficient (Wildman–Crippen LogP) is 4.91. The van der Waals surface area contributed by atoms with Crippen LogP contribution in [0.3, 0.4) is 0 Å². The van der Waals surface area contributed by atoms with Gasteiger partial charge in [0.15, 0.2) is 5.76 Å². The van der Waals surface area contributed by atoms with Crippen LogP contribution in [0.5, 0.6) is 0 Å². The quantitative estimate of drug-likeness (QED) is 0.350. The highest BCUT2D eigenvalue weighted by atomic mass is 16.5. The van der Waals surface area contributed by atoms with Crippen LogP contribution in [0.25, 0.3) is 17.0 Å². The molecule has 4 aromatic rings. The number of aryl methyl sites for hydroxylation is 1. The Labute approximate surface area is 216 Å². The molecule has 0 atom stereocenters. The third-order valence-corrected chi connectivity index (χ3v) is 6.39. The lowest BCUT2D eigenvalue weighted by molar-refractivity contribution is 0.0342. The number of benzene rings is 2. The monoisotopic (exact) mass is 500 g/mol. The van der Waals surface area contributed by atoms with E-state index in [1.165, 1.54) is 0 Å². The maximum Gasteiger partial charge on any atom is 0.299 e. The van der Waals surface area contributed by atoms with Crippen LogP contribution in [-0.2, 0) is 22.6 Å². The number of nitrogens with zero attached hydrogens (tertiary/aromatic N) is 3. The SMILES string of the molecule is CCOCc1ccc(C)c(Nc2ncc(-c3cc(CN4CCOCC4)cc(-n4ccccc4=O)c3)o2)c1. The molecule has 1 aliphatic rings. The number of hydrogen-bond acceptors (Lipinski definition) is 7. The smallest absolute Gasteiger partial charge is 0.299 e. The summed E-state index contributed by atoms with van der Waals surface area (Å²) >= 11 is 0. The predicted molar refractivity (Wildman–Crippen MR) is 143 cm³/mol. The molecule has 37 heavy (non-hydrogen) atoms. The second kappa shape index (κ2) is 11.6. The molecule has 192 valence electrons. The van der Waals surface area contributed by atoms with Crippen LogP contribution in [0.4, 0.5) is 11.7 Å². The second-order valence-corrected chi connectivity index (χ2v) is 9.13. The van der Waals surface area contributed by atoms with Crippen LogP contribution in [0.15, 0.2) is 76.2 Å². The van der Waals surface area contributed by atoms with E-state index in [4.69, 9.17) is 13.9 Å². The number of anilines is 2. The minimum Gasteiger partial charge on any atom is -0.423 e. The number of rotatable bonds is 9. The van der Waals surface area contributed by atoms with Gasteiger partial charge in [0.25, 0.3) is 11.6 Å². The van der Waals surface area contributed by atoms with Crippen LogP contribution in [-0.4, -0.2) is 47.4 Å². The zero-order chi connectivity index (χ0) is 25.6. The van der Waals surface area contributed by atoms with E-state index in [0.717, 1.165) is 66.5 Å². The normalized spacial score (nSPS) is 14.1. The van der Waals surface area contributed by atoms with Gasteiger partial charge in [-0.3, -0.25) is 14.3 Å². The van der Waals surface area contributed by atoms with Crippen molar-refractivity contribution in [2.24, 2.45) is 0 Å². The maximum atomic E-state index is 12.6. The van der Waals surface area contributed by atoms with Gasteiger partial charge in [0.2, 0.25) is 0 Å². The first kappa shape index (κ1) is 25.0. The highest BCUT2D eigenvalue weighted by molar-refractivity contribution is 5.65. The van der Waals surface area contributed by atoms with Crippen molar-refractivity contribution in [1.29, 1.82) is 0 Å². The average molecular weight is 501 g/mol. The largest absolute Gasteiger partial charge is 0.423 e. The zero-order valence-corrected chi connectivity index (χ0v) is 21.3. The van der Waals surface area contributed by atoms with Gasteiger partial charge in [0.05, 0.1) is 26.0 Å². The number of ether oxygens (including phenoxy) is 2. The Morgan fingerprint density at radius 1 is 1.05 bits per heavy atom. The van der Waals surface area contributed by atoms with E-state index in [9.17, 15) is 4.79 Å². The summed E-state index contributed by atoms with van der Waals surface area (Å²) in [6, 6.07) is 17.9. The Balaban J connectivity index is 1.45. The summed E-state index contributed by atoms with van der Waals surface area (Å²) in [6.07, 6.45) is 3.50. The van der Waals surface area contributed by atoms with Gasteiger partial charge in [-0.15, -0.1) is 0 Å². The maximum absolute atomic E-state index is 12.6. The van der Waals surface area contributed by atoms with Crippen molar-refractivity contribution >= 4 is 11.7 Å². The summed E-state index contributed by atoms with van der Waals surface area (Å²) in [5.41, 5.74) is 5.74. The van der Waals surface area contributed by atoms with E-state index in [2.05, 4.69) is 45.5 Å². The van der Waals surface area contributed by atoms with Crippen molar-refractivity contribution in [3.05, 3.63) is 94.0 Å². The first-order chi connectivity index (χ1) is 18.1. The number of pyridine rings is 1. The summed E-state index contributed by atoms with van der Waals surface area (Å²) < 4.78 is 18.8. The molecule has 5 rings (SSSR count). The number of nitrogens with one attached hydrogen (secondary N) is 1. The van der Waals surface area contributed by atoms with Crippen LogP contribution in [0.1, 0.15) is 23.6 Å². The minimum absolute atomic E-state index is 0.0840. The molecular weight excluding hydrogens is 468 g/mol. The first-order valence-corrected chi connectivity index (χ1v) is 12.6. The Hall–Kier alpha value is -3.72. The fraction of sp³-hybridized carbons (Fsp3) is 0.310. The van der Waals surface area contributed by atoms with Crippen LogP contribution < -0.4 is 10.9 Å². The summed E-state index contributed by atoms with van der Waals surface area (Å²) in [6.45, 7) is 9.22. The number of aromatic nitrogens is 2. The van der Waals surface area contributed by atoms with Crippen molar-refractivity contribution in [2.75, 3.05) is 38.2 Å². The van der Waals surface area contributed by atoms with Crippen molar-refractivity contribution in [2.45, 2.75) is 27.0 Å². The highest BCUT2D eigenvalue weighted by Crippen LogP contribution is 2.29. The van der Waals surface area contributed by atoms with E-state index in [1.54, 1.807) is 29.1 Å². The molecule has 0 amide bonds. The topological polar surface area (TPSA) is 81.8 Å². The molecule has 2 aromatic heterocycles. The van der Waals surface area contributed by atoms with Gasteiger partial charge in [-0.05, 0) is 60.9 Å². The average Bonchev–Trinajstić information content (AvgIpc) is 3.38. The van der Waals surface area contributed by atoms with Gasteiger partial charge in [-0.2, -0.15) is 0 Å². The minimum atomic E-state index is -0.0840. The Morgan fingerprint density at radius 2 is 1.92 bits per heavy atom. The summed E-state index contributed by atoms with van der Waals surface area (Å²) in [5.74, 6) is 0.625. The second-order valence-electron chi connectivity index (χ2n) is 9.13. The molecule has 1 aliphatic heterocycles. The molecule has 8 heteroatoms. The van der Waals surface area contributed by atoms with Gasteiger partial charge < -0.3 is 19.2 Å². The van der Waals surface area contributed by atoms with E-state index in [-0.39, 0.29) is 5.56 Å². The molecular formula is C29H32N4O4. The van der Waals surface area contributed by atoms with E-state index >= 15 is 0 Å². The van der Waals surface area contributed by atoms with E-state index < -0.39 is 0 Å². The van der Waals surface area contributed by atoms with Gasteiger partial charge in [0.1, 0.15) is 0 Å². The first-order valence-electron chi connectivity index (χ1n) is 12.6. The highest BCUT2D eigenvalue weighted by Gasteiger charge is 2.15. The molecule has 0 saturated carbocycles. The van der Waals surface area contributed by atoms with Gasteiger partial charge in [0, 0.05) is 55.4 Å². The van der Waals surface area contributed by atoms with Crippen molar-refractivity contribution in [3.63, 3.8) is 0 Å². The van der Waals surface area contributed by atoms with E-state index in [0.29, 0.717) is 25.0 Å². The van der Waals surface area contributed by atoms with Crippen molar-refractivity contribution in [1.82, 2.24) is 14.5 Å². The number of hydrogen-bond donors (Lipinski definition) is 1. The summed E-state index contributed by atoms with van der Waals surface area (Å²) in [5, 5.41) is 3.30. The van der Waals surface area contributed by atoms with Crippen molar-refractivity contribution in [3.8, 4) is 17.0 Å². The van der Waals surface area contributed by atoms with Crippen LogP contribution >= 0.6 is 0 Å². The zero-order valence-electron chi connectivity index (χ0n) is 21.3. The lowest BCUT2D eigenvalue weighted by Crippen LogP contribution is -2.35. The van der Waals surface area contributed by atoms with E-state index in [1.807, 2.05) is 26.0 Å². The number of morpholine rings is 1. The molecule has 0 radical (unpaired) electrons. The lowest BCUT2D eigenvalue weighted by Gasteiger charge is -2.27. The van der Waals surface area contributed by atoms with Gasteiger partial charge >= 0.3 is 0 Å². The fourth-order valence-electron chi connectivity index (χ4n) is 4.40. The third-order valence-electron chi connectivity index (χ3n) is 6.39. The molecule has 8 nitrogen and oxygen atoms in total. The van der Waals surface area contributed by atoms with Crippen LogP contribution in [0, 0.1) is 6.92 Å².